The van der Waals surface area contributed by atoms with Crippen LogP contribution < -0.4 is 10.9 Å². The molecule has 2 heterocycles. The largest absolute Gasteiger partial charge is 0.328 e. The van der Waals surface area contributed by atoms with Crippen LogP contribution in [0.4, 0.5) is 5.69 Å². The second-order valence-corrected chi connectivity index (χ2v) is 7.08. The molecule has 0 radical (unpaired) electrons. The van der Waals surface area contributed by atoms with Gasteiger partial charge in [0.25, 0.3) is 5.56 Å². The van der Waals surface area contributed by atoms with E-state index in [-0.39, 0.29) is 11.6 Å². The van der Waals surface area contributed by atoms with E-state index in [0.29, 0.717) is 23.2 Å². The van der Waals surface area contributed by atoms with E-state index in [9.17, 15) is 9.59 Å². The monoisotopic (exact) mass is 388 g/mol. The van der Waals surface area contributed by atoms with E-state index in [1.807, 2.05) is 41.8 Å². The van der Waals surface area contributed by atoms with Crippen LogP contribution in [0.25, 0.3) is 27.8 Å². The van der Waals surface area contributed by atoms with Crippen molar-refractivity contribution < 1.29 is 4.79 Å². The van der Waals surface area contributed by atoms with Gasteiger partial charge in [-0.2, -0.15) is 9.78 Å². The first-order valence-electron chi connectivity index (χ1n) is 9.23. The molecular weight excluding hydrogens is 368 g/mol. The van der Waals surface area contributed by atoms with Crippen molar-refractivity contribution in [2.75, 3.05) is 5.32 Å². The van der Waals surface area contributed by atoms with Crippen molar-refractivity contribution >= 4 is 22.9 Å². The molecular formula is C21H20N6O2. The van der Waals surface area contributed by atoms with E-state index >= 15 is 0 Å². The Hall–Kier alpha value is -3.81. The first kappa shape index (κ1) is 18.5. The minimum Gasteiger partial charge on any atom is -0.328 e. The maximum atomic E-state index is 13.1. The van der Waals surface area contributed by atoms with E-state index in [1.54, 1.807) is 18.6 Å². The van der Waals surface area contributed by atoms with E-state index in [0.717, 1.165) is 22.3 Å². The molecule has 0 spiro atoms. The van der Waals surface area contributed by atoms with Crippen molar-refractivity contribution in [1.82, 2.24) is 24.5 Å². The summed E-state index contributed by atoms with van der Waals surface area (Å²) in [7, 11) is 0. The third-order valence-corrected chi connectivity index (χ3v) is 4.82. The van der Waals surface area contributed by atoms with Gasteiger partial charge in [0.1, 0.15) is 6.33 Å². The Labute approximate surface area is 166 Å². The molecule has 4 rings (SSSR count). The van der Waals surface area contributed by atoms with E-state index < -0.39 is 0 Å². The summed E-state index contributed by atoms with van der Waals surface area (Å²) >= 11 is 0. The summed E-state index contributed by atoms with van der Waals surface area (Å²) in [5.41, 5.74) is 2.66. The molecule has 0 aliphatic rings. The highest BCUT2D eigenvalue weighted by atomic mass is 16.1. The summed E-state index contributed by atoms with van der Waals surface area (Å²) in [5.74, 6) is 0.726. The van der Waals surface area contributed by atoms with Gasteiger partial charge in [0.05, 0.1) is 17.3 Å². The topological polar surface area (TPSA) is 94.7 Å². The van der Waals surface area contributed by atoms with Crippen molar-refractivity contribution in [3.63, 3.8) is 0 Å². The van der Waals surface area contributed by atoms with Crippen LogP contribution in [-0.4, -0.2) is 31.0 Å². The molecule has 1 N–H and O–H groups in total. The van der Waals surface area contributed by atoms with Crippen LogP contribution >= 0.6 is 0 Å². The van der Waals surface area contributed by atoms with Crippen LogP contribution in [-0.2, 0) is 4.79 Å². The highest BCUT2D eigenvalue weighted by Gasteiger charge is 2.13. The second-order valence-electron chi connectivity index (χ2n) is 7.08. The number of carbonyl (C=O) groups excluding carboxylic acids is 1. The van der Waals surface area contributed by atoms with Gasteiger partial charge in [0, 0.05) is 22.7 Å². The van der Waals surface area contributed by atoms with Crippen molar-refractivity contribution in [3.8, 4) is 17.1 Å². The molecule has 1 amide bonds. The molecule has 0 saturated heterocycles. The fraction of sp³-hybridized carbons (Fsp3) is 0.190. The quantitative estimate of drug-likeness (QED) is 0.530. The average molecular weight is 388 g/mol. The molecule has 4 aromatic rings. The van der Waals surface area contributed by atoms with Gasteiger partial charge in [-0.3, -0.25) is 9.59 Å². The Morgan fingerprint density at radius 2 is 2.00 bits per heavy atom. The van der Waals surface area contributed by atoms with Gasteiger partial charge in [-0.15, -0.1) is 10.2 Å². The normalized spacial score (nSPS) is 11.2. The molecule has 146 valence electrons. The molecule has 29 heavy (non-hydrogen) atoms. The molecule has 0 aliphatic heterocycles. The minimum absolute atomic E-state index is 0.206. The van der Waals surface area contributed by atoms with Gasteiger partial charge < -0.3 is 9.88 Å². The van der Waals surface area contributed by atoms with E-state index in [1.165, 1.54) is 4.68 Å². The predicted molar refractivity (Wildman–Crippen MR) is 111 cm³/mol. The summed E-state index contributed by atoms with van der Waals surface area (Å²) in [6.45, 7) is 5.98. The molecule has 8 nitrogen and oxygen atoms in total. The fourth-order valence-electron chi connectivity index (χ4n) is 3.32. The Kier molecular flexibility index (Phi) is 4.67. The summed E-state index contributed by atoms with van der Waals surface area (Å²) in [4.78, 5) is 24.0. The van der Waals surface area contributed by atoms with E-state index in [2.05, 4.69) is 34.5 Å². The molecule has 0 atom stereocenters. The number of anilines is 1. The van der Waals surface area contributed by atoms with Crippen LogP contribution in [0.3, 0.4) is 0 Å². The Balaban J connectivity index is 1.86. The summed E-state index contributed by atoms with van der Waals surface area (Å²) < 4.78 is 3.32. The summed E-state index contributed by atoms with van der Waals surface area (Å²) in [6.07, 6.45) is 3.94. The van der Waals surface area contributed by atoms with Crippen molar-refractivity contribution in [3.05, 3.63) is 64.8 Å². The standard InChI is InChI=1S/C21H20N6O2/c1-13(2)26-11-23-25-20(26)15-5-4-6-17(8-15)27-21(29)18-9-19(22-12-28)14(3)7-16(18)10-24-27/h4-13H,1-3H3,(H,22,28). The molecule has 0 saturated carbocycles. The molecule has 0 bridgehead atoms. The number of aryl methyl sites for hydroxylation is 1. The molecule has 0 unspecified atom stereocenters. The third kappa shape index (κ3) is 3.29. The number of aromatic nitrogens is 5. The fourth-order valence-corrected chi connectivity index (χ4v) is 3.32. The first-order chi connectivity index (χ1) is 14.0. The summed E-state index contributed by atoms with van der Waals surface area (Å²) in [5, 5.41) is 16.4. The van der Waals surface area contributed by atoms with Gasteiger partial charge in [0.15, 0.2) is 5.82 Å². The maximum Gasteiger partial charge on any atom is 0.279 e. The SMILES string of the molecule is Cc1cc2cnn(-c3cccc(-c4nncn4C(C)C)c3)c(=O)c2cc1NC=O. The lowest BCUT2D eigenvalue weighted by atomic mass is 10.1. The molecule has 2 aromatic carbocycles. The van der Waals surface area contributed by atoms with Crippen LogP contribution in [0, 0.1) is 6.92 Å². The minimum atomic E-state index is -0.265. The summed E-state index contributed by atoms with van der Waals surface area (Å²) in [6, 6.07) is 11.2. The highest BCUT2D eigenvalue weighted by molar-refractivity contribution is 5.88. The number of nitrogens with one attached hydrogen (secondary N) is 1. The van der Waals surface area contributed by atoms with Crippen molar-refractivity contribution in [2.24, 2.45) is 0 Å². The van der Waals surface area contributed by atoms with Gasteiger partial charge in [-0.1, -0.05) is 12.1 Å². The van der Waals surface area contributed by atoms with Gasteiger partial charge in [-0.25, -0.2) is 0 Å². The average Bonchev–Trinajstić information content (AvgIpc) is 3.20. The Bertz CT molecular complexity index is 1270. The zero-order valence-electron chi connectivity index (χ0n) is 16.3. The molecule has 0 aliphatic carbocycles. The molecule has 0 fully saturated rings. The Morgan fingerprint density at radius 3 is 2.76 bits per heavy atom. The first-order valence-corrected chi connectivity index (χ1v) is 9.23. The number of fused-ring (bicyclic) bond motifs is 1. The predicted octanol–water partition coefficient (Wildman–Crippen LogP) is 3.10. The van der Waals surface area contributed by atoms with Crippen LogP contribution in [0.15, 0.2) is 53.7 Å². The van der Waals surface area contributed by atoms with Gasteiger partial charge in [0.2, 0.25) is 6.41 Å². The number of carbonyl (C=O) groups is 1. The zero-order chi connectivity index (χ0) is 20.5. The number of amides is 1. The lowest BCUT2D eigenvalue weighted by Crippen LogP contribution is -2.21. The van der Waals surface area contributed by atoms with E-state index in [4.69, 9.17) is 0 Å². The maximum absolute atomic E-state index is 13.1. The number of benzene rings is 2. The third-order valence-electron chi connectivity index (χ3n) is 4.82. The molecule has 2 aromatic heterocycles. The second kappa shape index (κ2) is 7.31. The van der Waals surface area contributed by atoms with Gasteiger partial charge >= 0.3 is 0 Å². The molecule has 8 heteroatoms. The number of rotatable bonds is 5. The van der Waals surface area contributed by atoms with Gasteiger partial charge in [-0.05, 0) is 50.6 Å². The number of hydrogen-bond donors (Lipinski definition) is 1. The van der Waals surface area contributed by atoms with Crippen molar-refractivity contribution in [1.29, 1.82) is 0 Å². The number of nitrogens with zero attached hydrogens (tertiary/aromatic N) is 5. The van der Waals surface area contributed by atoms with Crippen LogP contribution in [0.1, 0.15) is 25.5 Å². The van der Waals surface area contributed by atoms with Crippen LogP contribution in [0.5, 0.6) is 0 Å². The smallest absolute Gasteiger partial charge is 0.279 e. The lowest BCUT2D eigenvalue weighted by molar-refractivity contribution is -0.105. The Morgan fingerprint density at radius 1 is 1.17 bits per heavy atom. The highest BCUT2D eigenvalue weighted by Crippen LogP contribution is 2.23. The number of hydrogen-bond acceptors (Lipinski definition) is 5. The van der Waals surface area contributed by atoms with Crippen molar-refractivity contribution in [2.45, 2.75) is 26.8 Å². The van der Waals surface area contributed by atoms with Crippen LogP contribution in [0.2, 0.25) is 0 Å². The lowest BCUT2D eigenvalue weighted by Gasteiger charge is -2.12. The zero-order valence-corrected chi connectivity index (χ0v) is 16.3.